The highest BCUT2D eigenvalue weighted by Crippen LogP contribution is 2.54. The van der Waals surface area contributed by atoms with Gasteiger partial charge in [0.25, 0.3) is 5.91 Å². The zero-order valence-electron chi connectivity index (χ0n) is 22.6. The number of rotatable bonds is 2. The first kappa shape index (κ1) is 25.2. The molecular formula is C29H37N3O5. The zero-order valence-corrected chi connectivity index (χ0v) is 22.6. The zero-order chi connectivity index (χ0) is 26.5. The topological polar surface area (TPSA) is 80.3 Å². The van der Waals surface area contributed by atoms with Crippen LogP contribution in [0.25, 0.3) is 0 Å². The molecular weight excluding hydrogens is 470 g/mol. The van der Waals surface area contributed by atoms with Gasteiger partial charge in [0.1, 0.15) is 17.1 Å². The Kier molecular flexibility index (Phi) is 6.24. The quantitative estimate of drug-likeness (QED) is 0.627. The van der Waals surface area contributed by atoms with Crippen LogP contribution in [0.3, 0.4) is 0 Å². The number of piperazine rings is 1. The molecule has 0 unspecified atom stereocenters. The van der Waals surface area contributed by atoms with E-state index < -0.39 is 5.60 Å². The van der Waals surface area contributed by atoms with Gasteiger partial charge in [-0.15, -0.1) is 0 Å². The summed E-state index contributed by atoms with van der Waals surface area (Å²) >= 11 is 0. The molecule has 0 aliphatic carbocycles. The standard InChI is InChI=1S/C29H37N3O5/c1-28(2,3)37-27(34)32-14-12-31(13-15-32)26(33)18-10-11-21-19(16-18)29(4,5)20-17-36-23-9-7-8-22(35-6)24(23)25(20)30-21/h7-11,16,20,25,30H,12-15,17H2,1-6H3/t20-,25+/m1/s1. The SMILES string of the molecule is COc1cccc2c1[C@H]1Nc3ccc(C(=O)N4CCN(C(=O)OC(C)(C)C)CC4)cc3C(C)(C)[C@@H]1CO2. The first-order valence-corrected chi connectivity index (χ1v) is 13.0. The lowest BCUT2D eigenvalue weighted by atomic mass is 9.65. The number of carbonyl (C=O) groups excluding carboxylic acids is 2. The Labute approximate surface area is 218 Å². The van der Waals surface area contributed by atoms with Crippen LogP contribution in [0.5, 0.6) is 11.5 Å². The molecule has 8 nitrogen and oxygen atoms in total. The Hall–Kier alpha value is -3.42. The number of ether oxygens (including phenoxy) is 3. The summed E-state index contributed by atoms with van der Waals surface area (Å²) in [6, 6.07) is 11.9. The molecule has 3 heterocycles. The summed E-state index contributed by atoms with van der Waals surface area (Å²) in [6.45, 7) is 12.5. The van der Waals surface area contributed by atoms with E-state index >= 15 is 0 Å². The van der Waals surface area contributed by atoms with Crippen molar-refractivity contribution in [2.45, 2.75) is 51.7 Å². The van der Waals surface area contributed by atoms with Crippen LogP contribution in [0.4, 0.5) is 10.5 Å². The minimum absolute atomic E-state index is 0.0172. The van der Waals surface area contributed by atoms with Gasteiger partial charge in [-0.3, -0.25) is 4.79 Å². The van der Waals surface area contributed by atoms with Crippen molar-refractivity contribution in [1.82, 2.24) is 9.80 Å². The van der Waals surface area contributed by atoms with E-state index in [-0.39, 0.29) is 29.4 Å². The van der Waals surface area contributed by atoms with Crippen molar-refractivity contribution in [2.75, 3.05) is 45.2 Å². The fourth-order valence-electron chi connectivity index (χ4n) is 5.71. The van der Waals surface area contributed by atoms with Crippen molar-refractivity contribution in [3.05, 3.63) is 53.1 Å². The van der Waals surface area contributed by atoms with Crippen LogP contribution >= 0.6 is 0 Å². The first-order chi connectivity index (χ1) is 17.5. The minimum Gasteiger partial charge on any atom is -0.496 e. The third-order valence-electron chi connectivity index (χ3n) is 7.80. The highest BCUT2D eigenvalue weighted by atomic mass is 16.6. The molecule has 37 heavy (non-hydrogen) atoms. The summed E-state index contributed by atoms with van der Waals surface area (Å²) in [6.07, 6.45) is -0.330. The fraction of sp³-hybridized carbons (Fsp3) is 0.517. The first-order valence-electron chi connectivity index (χ1n) is 13.0. The smallest absolute Gasteiger partial charge is 0.410 e. The number of methoxy groups -OCH3 is 1. The molecule has 198 valence electrons. The molecule has 3 aliphatic heterocycles. The second-order valence-corrected chi connectivity index (χ2v) is 11.7. The van der Waals surface area contributed by atoms with Crippen LogP contribution in [-0.2, 0) is 10.2 Å². The molecule has 0 aromatic heterocycles. The van der Waals surface area contributed by atoms with Gasteiger partial charge in [-0.25, -0.2) is 4.79 Å². The van der Waals surface area contributed by atoms with Crippen LogP contribution in [0.1, 0.15) is 62.1 Å². The Morgan fingerprint density at radius 1 is 1.05 bits per heavy atom. The van der Waals surface area contributed by atoms with E-state index in [1.54, 1.807) is 12.0 Å². The van der Waals surface area contributed by atoms with Crippen molar-refractivity contribution in [1.29, 1.82) is 0 Å². The number of fused-ring (bicyclic) bond motifs is 4. The molecule has 5 rings (SSSR count). The minimum atomic E-state index is -0.538. The average molecular weight is 508 g/mol. The molecule has 1 fully saturated rings. The lowest BCUT2D eigenvalue weighted by Gasteiger charge is -2.48. The van der Waals surface area contributed by atoms with Crippen molar-refractivity contribution in [2.24, 2.45) is 5.92 Å². The van der Waals surface area contributed by atoms with Crippen LogP contribution in [-0.4, -0.2) is 67.3 Å². The number of benzene rings is 2. The molecule has 2 atom stereocenters. The maximum Gasteiger partial charge on any atom is 0.410 e. The number of amides is 2. The number of anilines is 1. The maximum absolute atomic E-state index is 13.5. The number of hydrogen-bond acceptors (Lipinski definition) is 6. The monoisotopic (exact) mass is 507 g/mol. The lowest BCUT2D eigenvalue weighted by Crippen LogP contribution is -2.51. The van der Waals surface area contributed by atoms with E-state index in [0.29, 0.717) is 38.3 Å². The van der Waals surface area contributed by atoms with Gasteiger partial charge < -0.3 is 29.3 Å². The van der Waals surface area contributed by atoms with Gasteiger partial charge in [0.2, 0.25) is 0 Å². The molecule has 8 heteroatoms. The summed E-state index contributed by atoms with van der Waals surface area (Å²) in [5.74, 6) is 1.81. The summed E-state index contributed by atoms with van der Waals surface area (Å²) in [4.78, 5) is 29.4. The molecule has 2 aromatic carbocycles. The number of nitrogens with one attached hydrogen (secondary N) is 1. The van der Waals surface area contributed by atoms with Gasteiger partial charge in [-0.2, -0.15) is 0 Å². The second-order valence-electron chi connectivity index (χ2n) is 11.7. The molecule has 0 spiro atoms. The maximum atomic E-state index is 13.5. The van der Waals surface area contributed by atoms with Gasteiger partial charge >= 0.3 is 6.09 Å². The average Bonchev–Trinajstić information content (AvgIpc) is 2.86. The van der Waals surface area contributed by atoms with Crippen LogP contribution in [0.2, 0.25) is 0 Å². The van der Waals surface area contributed by atoms with Crippen LogP contribution < -0.4 is 14.8 Å². The van der Waals surface area contributed by atoms with Gasteiger partial charge in [0, 0.05) is 48.8 Å². The van der Waals surface area contributed by atoms with Gasteiger partial charge in [0.15, 0.2) is 0 Å². The Balaban J connectivity index is 1.35. The molecule has 0 radical (unpaired) electrons. The summed E-state index contributed by atoms with van der Waals surface area (Å²) in [5.41, 5.74) is 3.06. The van der Waals surface area contributed by atoms with Crippen LogP contribution in [0.15, 0.2) is 36.4 Å². The van der Waals surface area contributed by atoms with Gasteiger partial charge in [-0.05, 0) is 56.7 Å². The Morgan fingerprint density at radius 2 is 1.76 bits per heavy atom. The van der Waals surface area contributed by atoms with Crippen molar-refractivity contribution in [3.8, 4) is 11.5 Å². The highest BCUT2D eigenvalue weighted by molar-refractivity contribution is 5.95. The number of nitrogens with zero attached hydrogens (tertiary/aromatic N) is 2. The third-order valence-corrected chi connectivity index (χ3v) is 7.80. The normalized spacial score (nSPS) is 22.0. The molecule has 3 aliphatic rings. The molecule has 2 amide bonds. The summed E-state index contributed by atoms with van der Waals surface area (Å²) in [7, 11) is 1.69. The Bertz CT molecular complexity index is 1200. The molecule has 1 saturated heterocycles. The number of carbonyl (C=O) groups is 2. The predicted octanol–water partition coefficient (Wildman–Crippen LogP) is 4.84. The molecule has 2 aromatic rings. The van der Waals surface area contributed by atoms with E-state index in [0.717, 1.165) is 28.3 Å². The van der Waals surface area contributed by atoms with E-state index in [4.69, 9.17) is 14.2 Å². The summed E-state index contributed by atoms with van der Waals surface area (Å²) < 4.78 is 17.3. The van der Waals surface area contributed by atoms with Crippen molar-refractivity contribution >= 4 is 17.7 Å². The second kappa shape index (κ2) is 9.15. The fourth-order valence-corrected chi connectivity index (χ4v) is 5.71. The largest absolute Gasteiger partial charge is 0.496 e. The highest BCUT2D eigenvalue weighted by Gasteiger charge is 2.47. The van der Waals surface area contributed by atoms with E-state index in [1.807, 2.05) is 62.1 Å². The van der Waals surface area contributed by atoms with Gasteiger partial charge in [-0.1, -0.05) is 19.9 Å². The van der Waals surface area contributed by atoms with E-state index in [1.165, 1.54) is 0 Å². The van der Waals surface area contributed by atoms with Gasteiger partial charge in [0.05, 0.1) is 25.3 Å². The predicted molar refractivity (Wildman–Crippen MR) is 142 cm³/mol. The Morgan fingerprint density at radius 3 is 2.43 bits per heavy atom. The van der Waals surface area contributed by atoms with E-state index in [9.17, 15) is 9.59 Å². The molecule has 1 N–H and O–H groups in total. The van der Waals surface area contributed by atoms with Crippen molar-refractivity contribution in [3.63, 3.8) is 0 Å². The molecule has 0 saturated carbocycles. The lowest BCUT2D eigenvalue weighted by molar-refractivity contribution is 0.0141. The van der Waals surface area contributed by atoms with Crippen LogP contribution in [0, 0.1) is 5.92 Å². The van der Waals surface area contributed by atoms with E-state index in [2.05, 4.69) is 19.2 Å². The molecule has 0 bridgehead atoms. The summed E-state index contributed by atoms with van der Waals surface area (Å²) in [5, 5.41) is 3.72. The van der Waals surface area contributed by atoms with Crippen molar-refractivity contribution < 1.29 is 23.8 Å². The third kappa shape index (κ3) is 4.58. The number of hydrogen-bond donors (Lipinski definition) is 1.